The monoisotopic (exact) mass is 342 g/mol. The standard InChI is InChI=1S/C14H19BrN2OS/c1-17-8-3-4-10(17)7-9-18-12-6-2-5-11(15)13(12)14(16)19/h2,5-6,10H,3-4,7-9H2,1H3,(H2,16,19). The third kappa shape index (κ3) is 3.68. The maximum atomic E-state index is 5.87. The molecule has 1 fully saturated rings. The summed E-state index contributed by atoms with van der Waals surface area (Å²) in [6.45, 7) is 1.89. The second-order valence-electron chi connectivity index (χ2n) is 4.89. The molecule has 0 aliphatic carbocycles. The Balaban J connectivity index is 1.96. The fraction of sp³-hybridized carbons (Fsp3) is 0.500. The number of nitrogens with zero attached hydrogens (tertiary/aromatic N) is 1. The summed E-state index contributed by atoms with van der Waals surface area (Å²) >= 11 is 8.53. The van der Waals surface area contributed by atoms with Crippen LogP contribution in [0, 0.1) is 0 Å². The summed E-state index contributed by atoms with van der Waals surface area (Å²) in [5.74, 6) is 0.766. The lowest BCUT2D eigenvalue weighted by molar-refractivity contribution is 0.233. The van der Waals surface area contributed by atoms with E-state index in [0.29, 0.717) is 17.6 Å². The van der Waals surface area contributed by atoms with Crippen molar-refractivity contribution in [3.05, 3.63) is 28.2 Å². The number of benzene rings is 1. The van der Waals surface area contributed by atoms with Gasteiger partial charge in [-0.1, -0.05) is 18.3 Å². The lowest BCUT2D eigenvalue weighted by atomic mass is 10.1. The van der Waals surface area contributed by atoms with Gasteiger partial charge in [0, 0.05) is 10.5 Å². The predicted octanol–water partition coefficient (Wildman–Crippen LogP) is 2.95. The minimum atomic E-state index is 0.362. The van der Waals surface area contributed by atoms with E-state index in [1.54, 1.807) is 0 Å². The largest absolute Gasteiger partial charge is 0.493 e. The summed E-state index contributed by atoms with van der Waals surface area (Å²) in [6, 6.07) is 6.41. The molecular weight excluding hydrogens is 324 g/mol. The highest BCUT2D eigenvalue weighted by atomic mass is 79.9. The van der Waals surface area contributed by atoms with Crippen LogP contribution in [0.3, 0.4) is 0 Å². The number of hydrogen-bond acceptors (Lipinski definition) is 3. The first-order valence-corrected chi connectivity index (χ1v) is 7.71. The molecule has 1 aromatic rings. The Morgan fingerprint density at radius 3 is 3.00 bits per heavy atom. The summed E-state index contributed by atoms with van der Waals surface area (Å²) in [5.41, 5.74) is 6.53. The lowest BCUT2D eigenvalue weighted by Gasteiger charge is -2.20. The van der Waals surface area contributed by atoms with E-state index in [0.717, 1.165) is 22.2 Å². The summed E-state index contributed by atoms with van der Waals surface area (Å²) in [5, 5.41) is 0. The van der Waals surface area contributed by atoms with Gasteiger partial charge in [0.2, 0.25) is 0 Å². The van der Waals surface area contributed by atoms with Crippen molar-refractivity contribution in [1.82, 2.24) is 4.90 Å². The van der Waals surface area contributed by atoms with Crippen molar-refractivity contribution in [2.75, 3.05) is 20.2 Å². The Labute approximate surface area is 128 Å². The van der Waals surface area contributed by atoms with Gasteiger partial charge in [-0.05, 0) is 60.9 Å². The minimum absolute atomic E-state index is 0.362. The van der Waals surface area contributed by atoms with Crippen LogP contribution in [-0.2, 0) is 0 Å². The summed E-state index contributed by atoms with van der Waals surface area (Å²) in [6.07, 6.45) is 3.59. The molecule has 0 bridgehead atoms. The Bertz CT molecular complexity index is 467. The van der Waals surface area contributed by atoms with Crippen LogP contribution in [0.4, 0.5) is 0 Å². The van der Waals surface area contributed by atoms with Crippen molar-refractivity contribution in [3.8, 4) is 5.75 Å². The van der Waals surface area contributed by atoms with Crippen LogP contribution >= 0.6 is 28.1 Å². The smallest absolute Gasteiger partial charge is 0.130 e. The number of rotatable bonds is 5. The molecule has 0 aromatic heterocycles. The molecule has 104 valence electrons. The second kappa shape index (κ2) is 6.68. The minimum Gasteiger partial charge on any atom is -0.493 e. The van der Waals surface area contributed by atoms with Gasteiger partial charge in [0.05, 0.1) is 12.2 Å². The van der Waals surface area contributed by atoms with Gasteiger partial charge in [0.1, 0.15) is 10.7 Å². The highest BCUT2D eigenvalue weighted by Gasteiger charge is 2.20. The Morgan fingerprint density at radius 1 is 1.58 bits per heavy atom. The maximum Gasteiger partial charge on any atom is 0.130 e. The molecule has 0 saturated carbocycles. The highest BCUT2D eigenvalue weighted by molar-refractivity contribution is 9.10. The van der Waals surface area contributed by atoms with Gasteiger partial charge < -0.3 is 15.4 Å². The number of thiocarbonyl (C=S) groups is 1. The number of hydrogen-bond donors (Lipinski definition) is 1. The van der Waals surface area contributed by atoms with Crippen LogP contribution in [-0.4, -0.2) is 36.1 Å². The highest BCUT2D eigenvalue weighted by Crippen LogP contribution is 2.27. The van der Waals surface area contributed by atoms with Gasteiger partial charge in [-0.2, -0.15) is 0 Å². The molecule has 1 unspecified atom stereocenters. The molecule has 2 rings (SSSR count). The molecule has 5 heteroatoms. The van der Waals surface area contributed by atoms with Crippen molar-refractivity contribution in [2.24, 2.45) is 5.73 Å². The van der Waals surface area contributed by atoms with Crippen molar-refractivity contribution in [1.29, 1.82) is 0 Å². The number of halogens is 1. The van der Waals surface area contributed by atoms with Gasteiger partial charge in [-0.3, -0.25) is 0 Å². The maximum absolute atomic E-state index is 5.87. The number of likely N-dealkylation sites (tertiary alicyclic amines) is 1. The average Bonchev–Trinajstić information content (AvgIpc) is 2.75. The number of ether oxygens (including phenoxy) is 1. The fourth-order valence-electron chi connectivity index (χ4n) is 2.51. The number of nitrogens with two attached hydrogens (primary N) is 1. The molecule has 1 heterocycles. The Hall–Kier alpha value is -0.650. The molecule has 1 atom stereocenters. The zero-order valence-electron chi connectivity index (χ0n) is 11.1. The SMILES string of the molecule is CN1CCCC1CCOc1cccc(Br)c1C(N)=S. The van der Waals surface area contributed by atoms with Gasteiger partial charge >= 0.3 is 0 Å². The molecule has 1 aliphatic rings. The van der Waals surface area contributed by atoms with Crippen LogP contribution in [0.1, 0.15) is 24.8 Å². The van der Waals surface area contributed by atoms with Crippen LogP contribution in [0.2, 0.25) is 0 Å². The first-order valence-electron chi connectivity index (χ1n) is 6.51. The van der Waals surface area contributed by atoms with Crippen LogP contribution < -0.4 is 10.5 Å². The third-order valence-corrected chi connectivity index (χ3v) is 4.47. The first kappa shape index (κ1) is 14.8. The normalized spacial score (nSPS) is 19.6. The van der Waals surface area contributed by atoms with E-state index in [9.17, 15) is 0 Å². The van der Waals surface area contributed by atoms with E-state index in [1.165, 1.54) is 19.4 Å². The molecule has 1 aliphatic heterocycles. The van der Waals surface area contributed by atoms with Gasteiger partial charge in [0.25, 0.3) is 0 Å². The Kier molecular flexibility index (Phi) is 5.19. The molecule has 2 N–H and O–H groups in total. The molecular formula is C14H19BrN2OS. The van der Waals surface area contributed by atoms with E-state index in [-0.39, 0.29) is 0 Å². The van der Waals surface area contributed by atoms with Crippen molar-refractivity contribution < 1.29 is 4.74 Å². The molecule has 3 nitrogen and oxygen atoms in total. The zero-order chi connectivity index (χ0) is 13.8. The molecule has 1 aromatic carbocycles. The topological polar surface area (TPSA) is 38.5 Å². The van der Waals surface area contributed by atoms with E-state index in [4.69, 9.17) is 22.7 Å². The molecule has 1 saturated heterocycles. The average molecular weight is 343 g/mol. The predicted molar refractivity (Wildman–Crippen MR) is 85.8 cm³/mol. The molecule has 19 heavy (non-hydrogen) atoms. The summed E-state index contributed by atoms with van der Waals surface area (Å²) in [4.78, 5) is 2.76. The summed E-state index contributed by atoms with van der Waals surface area (Å²) in [7, 11) is 2.18. The fourth-order valence-corrected chi connectivity index (χ4v) is 3.42. The van der Waals surface area contributed by atoms with Gasteiger partial charge in [0.15, 0.2) is 0 Å². The van der Waals surface area contributed by atoms with Crippen molar-refractivity contribution in [2.45, 2.75) is 25.3 Å². The second-order valence-corrected chi connectivity index (χ2v) is 6.19. The zero-order valence-corrected chi connectivity index (χ0v) is 13.5. The van der Waals surface area contributed by atoms with E-state index in [2.05, 4.69) is 27.9 Å². The first-order chi connectivity index (χ1) is 9.09. The van der Waals surface area contributed by atoms with Crippen LogP contribution in [0.25, 0.3) is 0 Å². The van der Waals surface area contributed by atoms with Gasteiger partial charge in [-0.15, -0.1) is 0 Å². The molecule has 0 radical (unpaired) electrons. The Morgan fingerprint density at radius 2 is 2.37 bits per heavy atom. The lowest BCUT2D eigenvalue weighted by Crippen LogP contribution is -2.26. The van der Waals surface area contributed by atoms with Crippen molar-refractivity contribution in [3.63, 3.8) is 0 Å². The van der Waals surface area contributed by atoms with Crippen LogP contribution in [0.5, 0.6) is 5.75 Å². The van der Waals surface area contributed by atoms with Gasteiger partial charge in [-0.25, -0.2) is 0 Å². The van der Waals surface area contributed by atoms with Crippen LogP contribution in [0.15, 0.2) is 22.7 Å². The molecule has 0 amide bonds. The van der Waals surface area contributed by atoms with Crippen molar-refractivity contribution >= 4 is 33.1 Å². The quantitative estimate of drug-likeness (QED) is 0.835. The third-order valence-electron chi connectivity index (χ3n) is 3.60. The van der Waals surface area contributed by atoms with E-state index >= 15 is 0 Å². The summed E-state index contributed by atoms with van der Waals surface area (Å²) < 4.78 is 6.75. The van der Waals surface area contributed by atoms with E-state index in [1.807, 2.05) is 18.2 Å². The van der Waals surface area contributed by atoms with E-state index < -0.39 is 0 Å². The molecule has 0 spiro atoms.